The van der Waals surface area contributed by atoms with Crippen molar-refractivity contribution in [1.29, 1.82) is 0 Å². The van der Waals surface area contributed by atoms with Gasteiger partial charge >= 0.3 is 0 Å². The first-order valence-electron chi connectivity index (χ1n) is 9.95. The predicted molar refractivity (Wildman–Crippen MR) is 125 cm³/mol. The maximum atomic E-state index is 13.0. The average molecular weight is 462 g/mol. The smallest absolute Gasteiger partial charge is 0.287 e. The summed E-state index contributed by atoms with van der Waals surface area (Å²) in [5.41, 5.74) is 4.49. The van der Waals surface area contributed by atoms with Crippen molar-refractivity contribution in [3.63, 3.8) is 0 Å². The summed E-state index contributed by atoms with van der Waals surface area (Å²) in [6.45, 7) is 2.37. The Morgan fingerprint density at radius 2 is 2.03 bits per heavy atom. The van der Waals surface area contributed by atoms with Gasteiger partial charge in [0, 0.05) is 34.3 Å². The molecule has 0 saturated heterocycles. The van der Waals surface area contributed by atoms with E-state index in [-0.39, 0.29) is 5.91 Å². The van der Waals surface area contributed by atoms with Crippen LogP contribution in [0.25, 0.3) is 16.7 Å². The molecule has 9 heteroatoms. The van der Waals surface area contributed by atoms with Crippen LogP contribution in [0.3, 0.4) is 0 Å². The summed E-state index contributed by atoms with van der Waals surface area (Å²) in [5.74, 6) is 0.734. The largest absolute Gasteiger partial charge is 0.451 e. The van der Waals surface area contributed by atoms with E-state index in [1.54, 1.807) is 34.1 Å². The molecule has 0 saturated carbocycles. The van der Waals surface area contributed by atoms with Crippen molar-refractivity contribution in [2.24, 2.45) is 0 Å². The van der Waals surface area contributed by atoms with E-state index in [1.807, 2.05) is 60.8 Å². The van der Waals surface area contributed by atoms with Crippen molar-refractivity contribution in [3.05, 3.63) is 89.1 Å². The van der Waals surface area contributed by atoms with Gasteiger partial charge in [-0.1, -0.05) is 42.1 Å². The molecule has 0 radical (unpaired) electrons. The number of rotatable bonds is 7. The van der Waals surface area contributed by atoms with Crippen LogP contribution < -0.4 is 5.32 Å². The van der Waals surface area contributed by atoms with Gasteiger partial charge in [0.25, 0.3) is 5.91 Å². The number of hydrogen-bond acceptors (Lipinski definition) is 7. The quantitative estimate of drug-likeness (QED) is 0.343. The number of benzene rings is 2. The van der Waals surface area contributed by atoms with E-state index in [9.17, 15) is 4.79 Å². The Hall–Kier alpha value is -3.43. The molecule has 3 heterocycles. The minimum atomic E-state index is -0.229. The number of furan rings is 1. The number of thiazole rings is 1. The maximum Gasteiger partial charge on any atom is 0.287 e. The lowest BCUT2D eigenvalue weighted by molar-refractivity contribution is 0.0924. The molecule has 0 fully saturated rings. The molecule has 2 aromatic carbocycles. The number of para-hydroxylation sites is 1. The summed E-state index contributed by atoms with van der Waals surface area (Å²) in [6.07, 6.45) is 3.14. The number of carbonyl (C=O) groups excluding carboxylic acids is 1. The lowest BCUT2D eigenvalue weighted by atomic mass is 10.1. The fraction of sp³-hybridized carbons (Fsp3) is 0.130. The van der Waals surface area contributed by atoms with Gasteiger partial charge in [-0.25, -0.2) is 14.6 Å². The highest BCUT2D eigenvalue weighted by Gasteiger charge is 2.21. The normalized spacial score (nSPS) is 11.2. The minimum absolute atomic E-state index is 0.229. The van der Waals surface area contributed by atoms with Gasteiger partial charge in [0.05, 0.1) is 5.69 Å². The lowest BCUT2D eigenvalue weighted by Crippen LogP contribution is -2.23. The number of carbonyl (C=O) groups is 1. The molecule has 1 N–H and O–H groups in total. The highest BCUT2D eigenvalue weighted by atomic mass is 32.2. The van der Waals surface area contributed by atoms with Gasteiger partial charge in [0.2, 0.25) is 0 Å². The van der Waals surface area contributed by atoms with Crippen molar-refractivity contribution in [1.82, 2.24) is 25.1 Å². The number of thioether (sulfide) groups is 1. The Balaban J connectivity index is 1.32. The summed E-state index contributed by atoms with van der Waals surface area (Å²) < 4.78 is 8.61. The lowest BCUT2D eigenvalue weighted by Gasteiger charge is -2.07. The predicted octanol–water partition coefficient (Wildman–Crippen LogP) is 5.00. The third-order valence-corrected chi connectivity index (χ3v) is 7.08. The Labute approximate surface area is 192 Å². The number of amides is 1. The van der Waals surface area contributed by atoms with Gasteiger partial charge in [-0.2, -0.15) is 5.10 Å². The van der Waals surface area contributed by atoms with Crippen LogP contribution in [-0.4, -0.2) is 25.7 Å². The third kappa shape index (κ3) is 4.30. The van der Waals surface area contributed by atoms with Crippen LogP contribution in [0.2, 0.25) is 0 Å². The van der Waals surface area contributed by atoms with Crippen molar-refractivity contribution in [2.45, 2.75) is 23.6 Å². The van der Waals surface area contributed by atoms with Gasteiger partial charge in [-0.3, -0.25) is 4.79 Å². The summed E-state index contributed by atoms with van der Waals surface area (Å²) in [4.78, 5) is 21.5. The van der Waals surface area contributed by atoms with Gasteiger partial charge in [-0.15, -0.1) is 11.3 Å². The Morgan fingerprint density at radius 1 is 1.19 bits per heavy atom. The average Bonchev–Trinajstić information content (AvgIpc) is 3.56. The van der Waals surface area contributed by atoms with E-state index in [0.717, 1.165) is 32.2 Å². The minimum Gasteiger partial charge on any atom is -0.451 e. The van der Waals surface area contributed by atoms with Crippen LogP contribution in [0.4, 0.5) is 0 Å². The fourth-order valence-corrected chi connectivity index (χ4v) is 5.21. The van der Waals surface area contributed by atoms with Gasteiger partial charge in [0.15, 0.2) is 5.76 Å². The molecule has 3 aromatic heterocycles. The highest BCUT2D eigenvalue weighted by Crippen LogP contribution is 2.33. The van der Waals surface area contributed by atoms with Gasteiger partial charge in [-0.05, 0) is 30.7 Å². The molecule has 160 valence electrons. The molecule has 0 unspecified atom stereocenters. The molecule has 0 bridgehead atoms. The van der Waals surface area contributed by atoms with Crippen LogP contribution in [0.1, 0.15) is 27.4 Å². The molecular formula is C23H19N5O2S2. The van der Waals surface area contributed by atoms with E-state index in [4.69, 9.17) is 4.42 Å². The van der Waals surface area contributed by atoms with Crippen LogP contribution in [0.15, 0.2) is 75.3 Å². The summed E-state index contributed by atoms with van der Waals surface area (Å²) in [7, 11) is 0. The van der Waals surface area contributed by atoms with Crippen molar-refractivity contribution in [3.8, 4) is 5.69 Å². The first-order valence-corrected chi connectivity index (χ1v) is 11.8. The molecule has 5 rings (SSSR count). The molecule has 0 atom stereocenters. The zero-order valence-electron chi connectivity index (χ0n) is 17.2. The van der Waals surface area contributed by atoms with E-state index in [1.165, 1.54) is 6.33 Å². The number of aryl methyl sites for hydroxylation is 1. The highest BCUT2D eigenvalue weighted by molar-refractivity contribution is 8.00. The SMILES string of the molecule is Cc1csc(SCc2c(C(=O)NCc3ccc(-n4cncn4)cc3)oc3ccccc23)n1. The van der Waals surface area contributed by atoms with Gasteiger partial charge < -0.3 is 9.73 Å². The summed E-state index contributed by atoms with van der Waals surface area (Å²) in [6, 6.07) is 15.5. The molecule has 1 amide bonds. The van der Waals surface area contributed by atoms with Crippen molar-refractivity contribution < 1.29 is 9.21 Å². The molecule has 32 heavy (non-hydrogen) atoms. The fourth-order valence-electron chi connectivity index (χ4n) is 3.33. The van der Waals surface area contributed by atoms with Crippen LogP contribution in [0.5, 0.6) is 0 Å². The van der Waals surface area contributed by atoms with Crippen molar-refractivity contribution in [2.75, 3.05) is 0 Å². The number of aromatic nitrogens is 4. The Kier molecular flexibility index (Phi) is 5.74. The monoisotopic (exact) mass is 461 g/mol. The molecule has 7 nitrogen and oxygen atoms in total. The first kappa shape index (κ1) is 20.5. The zero-order chi connectivity index (χ0) is 21.9. The van der Waals surface area contributed by atoms with E-state index in [2.05, 4.69) is 20.4 Å². The molecular weight excluding hydrogens is 442 g/mol. The summed E-state index contributed by atoms with van der Waals surface area (Å²) >= 11 is 3.22. The second-order valence-corrected chi connectivity index (χ2v) is 9.22. The van der Waals surface area contributed by atoms with Crippen LogP contribution >= 0.6 is 23.1 Å². The summed E-state index contributed by atoms with van der Waals surface area (Å²) in [5, 5.41) is 10.1. The van der Waals surface area contributed by atoms with Crippen LogP contribution in [-0.2, 0) is 12.3 Å². The Bertz CT molecular complexity index is 1360. The van der Waals surface area contributed by atoms with Gasteiger partial charge in [0.1, 0.15) is 22.6 Å². The molecule has 0 aliphatic rings. The molecule has 0 aliphatic carbocycles. The number of nitrogens with one attached hydrogen (secondary N) is 1. The number of hydrogen-bond donors (Lipinski definition) is 1. The van der Waals surface area contributed by atoms with Crippen molar-refractivity contribution >= 4 is 40.0 Å². The molecule has 0 spiro atoms. The standard InChI is InChI=1S/C23H19N5O2S2/c1-15-11-31-23(27-15)32-12-19-18-4-2-3-5-20(18)30-21(19)22(29)25-10-16-6-8-17(9-7-16)28-14-24-13-26-28/h2-9,11,13-14H,10,12H2,1H3,(H,25,29). The van der Waals surface area contributed by atoms with E-state index < -0.39 is 0 Å². The maximum absolute atomic E-state index is 13.0. The third-order valence-electron chi connectivity index (χ3n) is 4.92. The van der Waals surface area contributed by atoms with E-state index >= 15 is 0 Å². The second-order valence-electron chi connectivity index (χ2n) is 7.14. The van der Waals surface area contributed by atoms with Crippen LogP contribution in [0, 0.1) is 6.92 Å². The molecule has 5 aromatic rings. The van der Waals surface area contributed by atoms with E-state index in [0.29, 0.717) is 23.6 Å². The number of nitrogens with zero attached hydrogens (tertiary/aromatic N) is 4. The topological polar surface area (TPSA) is 85.8 Å². The molecule has 0 aliphatic heterocycles. The second kappa shape index (κ2) is 8.97. The Morgan fingerprint density at radius 3 is 2.78 bits per heavy atom. The first-order chi connectivity index (χ1) is 15.7. The zero-order valence-corrected chi connectivity index (χ0v) is 18.8. The number of fused-ring (bicyclic) bond motifs is 1.